The standard InChI is InChI=1S/C14H28O2.H3N/c1-12(2,3)9-8-10-13(4,5)14(6,7)11(15)16;/h8-10H2,1-7H3,(H,15,16);1H3. The first-order chi connectivity index (χ1) is 6.90. The predicted molar refractivity (Wildman–Crippen MR) is 73.5 cm³/mol. The van der Waals surface area contributed by atoms with Gasteiger partial charge in [0.1, 0.15) is 0 Å². The third-order valence-corrected chi connectivity index (χ3v) is 3.96. The number of carboxylic acid groups (broad SMARTS) is 1. The number of hydrogen-bond acceptors (Lipinski definition) is 2. The second-order valence-corrected chi connectivity index (χ2v) is 7.23. The molecular formula is C14H31NO2. The Bertz CT molecular complexity index is 249. The van der Waals surface area contributed by atoms with Crippen LogP contribution in [0.2, 0.25) is 0 Å². The van der Waals surface area contributed by atoms with Crippen molar-refractivity contribution in [2.45, 2.75) is 67.7 Å². The van der Waals surface area contributed by atoms with Gasteiger partial charge in [0.2, 0.25) is 0 Å². The van der Waals surface area contributed by atoms with Crippen molar-refractivity contribution in [2.75, 3.05) is 0 Å². The van der Waals surface area contributed by atoms with Gasteiger partial charge in [0.05, 0.1) is 5.41 Å². The monoisotopic (exact) mass is 245 g/mol. The van der Waals surface area contributed by atoms with E-state index in [1.54, 1.807) is 0 Å². The van der Waals surface area contributed by atoms with Crippen molar-refractivity contribution in [3.63, 3.8) is 0 Å². The van der Waals surface area contributed by atoms with E-state index >= 15 is 0 Å². The van der Waals surface area contributed by atoms with Gasteiger partial charge in [-0.05, 0) is 37.5 Å². The zero-order valence-electron chi connectivity index (χ0n) is 12.7. The maximum absolute atomic E-state index is 11.2. The first-order valence-electron chi connectivity index (χ1n) is 6.13. The van der Waals surface area contributed by atoms with Gasteiger partial charge in [0, 0.05) is 0 Å². The summed E-state index contributed by atoms with van der Waals surface area (Å²) >= 11 is 0. The largest absolute Gasteiger partial charge is 0.481 e. The van der Waals surface area contributed by atoms with Crippen LogP contribution in [0, 0.1) is 16.2 Å². The van der Waals surface area contributed by atoms with Crippen LogP contribution in [0.4, 0.5) is 0 Å². The van der Waals surface area contributed by atoms with Crippen LogP contribution in [-0.4, -0.2) is 11.1 Å². The Morgan fingerprint density at radius 2 is 1.35 bits per heavy atom. The second kappa shape index (κ2) is 5.85. The number of hydrogen-bond donors (Lipinski definition) is 2. The van der Waals surface area contributed by atoms with Crippen LogP contribution in [0.15, 0.2) is 0 Å². The van der Waals surface area contributed by atoms with Crippen LogP contribution < -0.4 is 6.15 Å². The number of carbonyl (C=O) groups is 1. The van der Waals surface area contributed by atoms with Crippen LogP contribution in [0.5, 0.6) is 0 Å². The first-order valence-corrected chi connectivity index (χ1v) is 6.13. The summed E-state index contributed by atoms with van der Waals surface area (Å²) in [6.45, 7) is 14.4. The fourth-order valence-electron chi connectivity index (χ4n) is 1.66. The Morgan fingerprint density at radius 3 is 1.65 bits per heavy atom. The minimum Gasteiger partial charge on any atom is -0.481 e. The Kier molecular flexibility index (Phi) is 6.47. The fraction of sp³-hybridized carbons (Fsp3) is 0.929. The molecule has 0 heterocycles. The summed E-state index contributed by atoms with van der Waals surface area (Å²) < 4.78 is 0. The molecule has 0 aliphatic heterocycles. The summed E-state index contributed by atoms with van der Waals surface area (Å²) in [6.07, 6.45) is 3.20. The smallest absolute Gasteiger partial charge is 0.309 e. The Hall–Kier alpha value is -0.570. The highest BCUT2D eigenvalue weighted by atomic mass is 16.4. The molecule has 17 heavy (non-hydrogen) atoms. The number of aliphatic carboxylic acids is 1. The van der Waals surface area contributed by atoms with Gasteiger partial charge in [-0.2, -0.15) is 0 Å². The summed E-state index contributed by atoms with van der Waals surface area (Å²) in [5.41, 5.74) is -0.488. The number of rotatable bonds is 5. The van der Waals surface area contributed by atoms with Crippen molar-refractivity contribution < 1.29 is 9.90 Å². The van der Waals surface area contributed by atoms with Gasteiger partial charge in [0.15, 0.2) is 0 Å². The van der Waals surface area contributed by atoms with Crippen LogP contribution in [0.25, 0.3) is 0 Å². The highest BCUT2D eigenvalue weighted by Gasteiger charge is 2.42. The third kappa shape index (κ3) is 5.53. The molecule has 0 aromatic carbocycles. The van der Waals surface area contributed by atoms with E-state index in [0.717, 1.165) is 19.3 Å². The van der Waals surface area contributed by atoms with Crippen molar-refractivity contribution in [1.82, 2.24) is 6.15 Å². The van der Waals surface area contributed by atoms with E-state index < -0.39 is 11.4 Å². The van der Waals surface area contributed by atoms with E-state index in [0.29, 0.717) is 5.41 Å². The van der Waals surface area contributed by atoms with Crippen molar-refractivity contribution in [1.29, 1.82) is 0 Å². The van der Waals surface area contributed by atoms with Gasteiger partial charge in [0.25, 0.3) is 0 Å². The lowest BCUT2D eigenvalue weighted by Gasteiger charge is -2.38. The Labute approximate surface area is 107 Å². The molecule has 0 radical (unpaired) electrons. The Morgan fingerprint density at radius 1 is 0.941 bits per heavy atom. The molecule has 0 aliphatic rings. The molecule has 0 saturated carbocycles. The average molecular weight is 245 g/mol. The molecule has 0 amide bonds. The van der Waals surface area contributed by atoms with E-state index in [1.165, 1.54) is 0 Å². The summed E-state index contributed by atoms with van der Waals surface area (Å²) in [5, 5.41) is 9.24. The van der Waals surface area contributed by atoms with Crippen molar-refractivity contribution in [3.8, 4) is 0 Å². The van der Waals surface area contributed by atoms with Gasteiger partial charge < -0.3 is 11.3 Å². The van der Waals surface area contributed by atoms with Crippen molar-refractivity contribution >= 4 is 5.97 Å². The molecule has 0 unspecified atom stereocenters. The van der Waals surface area contributed by atoms with E-state index in [2.05, 4.69) is 34.6 Å². The van der Waals surface area contributed by atoms with Crippen LogP contribution in [-0.2, 0) is 4.79 Å². The SMILES string of the molecule is CC(C)(C)CCCC(C)(C)C(C)(C)C(=O)O.N. The predicted octanol–water partition coefficient (Wildman–Crippen LogP) is 4.50. The lowest BCUT2D eigenvalue weighted by molar-refractivity contribution is -0.154. The molecule has 3 heteroatoms. The molecule has 104 valence electrons. The molecule has 0 aliphatic carbocycles. The minimum atomic E-state index is -0.701. The van der Waals surface area contributed by atoms with Gasteiger partial charge in [-0.15, -0.1) is 0 Å². The van der Waals surface area contributed by atoms with E-state index in [4.69, 9.17) is 0 Å². The zero-order valence-corrected chi connectivity index (χ0v) is 12.7. The molecule has 0 aromatic rings. The molecule has 3 nitrogen and oxygen atoms in total. The van der Waals surface area contributed by atoms with E-state index in [-0.39, 0.29) is 11.6 Å². The molecule has 0 fully saturated rings. The maximum atomic E-state index is 11.2. The summed E-state index contributed by atoms with van der Waals surface area (Å²) in [7, 11) is 0. The lowest BCUT2D eigenvalue weighted by Crippen LogP contribution is -2.39. The molecule has 0 atom stereocenters. The lowest BCUT2D eigenvalue weighted by atomic mass is 9.65. The molecule has 0 aromatic heterocycles. The first kappa shape index (κ1) is 18.8. The normalized spacial score (nSPS) is 13.1. The zero-order chi connectivity index (χ0) is 13.2. The van der Waals surface area contributed by atoms with Crippen molar-refractivity contribution in [2.24, 2.45) is 16.2 Å². The summed E-state index contributed by atoms with van der Waals surface area (Å²) in [5.74, 6) is -0.701. The van der Waals surface area contributed by atoms with Gasteiger partial charge in [-0.3, -0.25) is 4.79 Å². The van der Waals surface area contributed by atoms with Gasteiger partial charge in [-0.1, -0.05) is 41.0 Å². The third-order valence-electron chi connectivity index (χ3n) is 3.96. The van der Waals surface area contributed by atoms with Gasteiger partial charge in [-0.25, -0.2) is 0 Å². The minimum absolute atomic E-state index is 0. The molecule has 0 saturated heterocycles. The maximum Gasteiger partial charge on any atom is 0.309 e. The highest BCUT2D eigenvalue weighted by molar-refractivity contribution is 5.74. The second-order valence-electron chi connectivity index (χ2n) is 7.23. The van der Waals surface area contributed by atoms with Crippen molar-refractivity contribution in [3.05, 3.63) is 0 Å². The molecular weight excluding hydrogens is 214 g/mol. The molecule has 0 spiro atoms. The Balaban J connectivity index is 0. The summed E-state index contributed by atoms with van der Waals surface area (Å²) in [6, 6.07) is 0. The quantitative estimate of drug-likeness (QED) is 0.749. The molecule has 0 rings (SSSR count). The van der Waals surface area contributed by atoms with Gasteiger partial charge >= 0.3 is 5.97 Å². The average Bonchev–Trinajstić information content (AvgIpc) is 2.00. The van der Waals surface area contributed by atoms with Crippen LogP contribution in [0.1, 0.15) is 67.7 Å². The summed E-state index contributed by atoms with van der Waals surface area (Å²) in [4.78, 5) is 11.2. The topological polar surface area (TPSA) is 72.3 Å². The van der Waals surface area contributed by atoms with E-state index in [9.17, 15) is 9.90 Å². The highest BCUT2D eigenvalue weighted by Crippen LogP contribution is 2.43. The van der Waals surface area contributed by atoms with Crippen LogP contribution >= 0.6 is 0 Å². The molecule has 4 N–H and O–H groups in total. The fourth-order valence-corrected chi connectivity index (χ4v) is 1.66. The van der Waals surface area contributed by atoms with E-state index in [1.807, 2.05) is 13.8 Å². The molecule has 0 bridgehead atoms. The van der Waals surface area contributed by atoms with Crippen LogP contribution in [0.3, 0.4) is 0 Å². The number of carboxylic acids is 1.